The SMILES string of the molecule is OCC1(Nc2ncc(Cl)s2)CCCC1. The molecule has 1 heterocycles. The average molecular weight is 233 g/mol. The number of halogens is 1. The molecule has 1 aromatic rings. The second kappa shape index (κ2) is 4.04. The summed E-state index contributed by atoms with van der Waals surface area (Å²) in [5.74, 6) is 0. The number of hydrogen-bond donors (Lipinski definition) is 2. The smallest absolute Gasteiger partial charge is 0.184 e. The van der Waals surface area contributed by atoms with Crippen molar-refractivity contribution in [2.24, 2.45) is 0 Å². The van der Waals surface area contributed by atoms with Crippen LogP contribution < -0.4 is 5.32 Å². The van der Waals surface area contributed by atoms with Crippen LogP contribution in [0.25, 0.3) is 0 Å². The lowest BCUT2D eigenvalue weighted by Crippen LogP contribution is -2.38. The van der Waals surface area contributed by atoms with Crippen molar-refractivity contribution in [3.63, 3.8) is 0 Å². The summed E-state index contributed by atoms with van der Waals surface area (Å²) in [5, 5.41) is 13.5. The highest BCUT2D eigenvalue weighted by molar-refractivity contribution is 7.19. The molecular formula is C9H13ClN2OS. The number of anilines is 1. The van der Waals surface area contributed by atoms with Crippen molar-refractivity contribution in [3.8, 4) is 0 Å². The van der Waals surface area contributed by atoms with E-state index in [0.717, 1.165) is 18.0 Å². The number of nitrogens with zero attached hydrogens (tertiary/aromatic N) is 1. The Morgan fingerprint density at radius 1 is 1.57 bits per heavy atom. The van der Waals surface area contributed by atoms with Crippen LogP contribution in [0.1, 0.15) is 25.7 Å². The van der Waals surface area contributed by atoms with Crippen molar-refractivity contribution in [3.05, 3.63) is 10.5 Å². The van der Waals surface area contributed by atoms with Crippen LogP contribution >= 0.6 is 22.9 Å². The zero-order valence-electron chi connectivity index (χ0n) is 7.79. The van der Waals surface area contributed by atoms with E-state index in [9.17, 15) is 5.11 Å². The molecule has 3 nitrogen and oxygen atoms in total. The Kier molecular flexibility index (Phi) is 2.95. The highest BCUT2D eigenvalue weighted by atomic mass is 35.5. The fraction of sp³-hybridized carbons (Fsp3) is 0.667. The summed E-state index contributed by atoms with van der Waals surface area (Å²) < 4.78 is 0.679. The van der Waals surface area contributed by atoms with E-state index in [2.05, 4.69) is 10.3 Å². The monoisotopic (exact) mass is 232 g/mol. The van der Waals surface area contributed by atoms with Crippen molar-refractivity contribution in [2.45, 2.75) is 31.2 Å². The highest BCUT2D eigenvalue weighted by Crippen LogP contribution is 2.34. The number of aromatic nitrogens is 1. The van der Waals surface area contributed by atoms with Gasteiger partial charge in [-0.25, -0.2) is 4.98 Å². The number of hydrogen-bond acceptors (Lipinski definition) is 4. The maximum absolute atomic E-state index is 9.37. The molecule has 0 amide bonds. The van der Waals surface area contributed by atoms with Gasteiger partial charge in [0, 0.05) is 0 Å². The Hall–Kier alpha value is -0.320. The minimum atomic E-state index is -0.152. The summed E-state index contributed by atoms with van der Waals surface area (Å²) >= 11 is 7.21. The zero-order valence-corrected chi connectivity index (χ0v) is 9.37. The third-order valence-corrected chi connectivity index (χ3v) is 3.74. The third-order valence-electron chi connectivity index (χ3n) is 2.71. The second-order valence-corrected chi connectivity index (χ2v) is 5.40. The van der Waals surface area contributed by atoms with E-state index in [0.29, 0.717) is 4.34 Å². The molecule has 0 unspecified atom stereocenters. The third kappa shape index (κ3) is 2.02. The molecule has 1 aliphatic rings. The summed E-state index contributed by atoms with van der Waals surface area (Å²) in [6, 6.07) is 0. The maximum atomic E-state index is 9.37. The van der Waals surface area contributed by atoms with E-state index in [1.54, 1.807) is 6.20 Å². The van der Waals surface area contributed by atoms with Crippen molar-refractivity contribution >= 4 is 28.1 Å². The average Bonchev–Trinajstić information content (AvgIpc) is 2.77. The number of thiazole rings is 1. The molecule has 0 bridgehead atoms. The first kappa shape index (κ1) is 10.2. The van der Waals surface area contributed by atoms with Crippen LogP contribution in [-0.4, -0.2) is 22.2 Å². The van der Waals surface area contributed by atoms with Crippen molar-refractivity contribution < 1.29 is 5.11 Å². The Bertz CT molecular complexity index is 310. The lowest BCUT2D eigenvalue weighted by molar-refractivity contribution is 0.214. The Labute approximate surface area is 92.1 Å². The van der Waals surface area contributed by atoms with Gasteiger partial charge in [-0.2, -0.15) is 0 Å². The number of aliphatic hydroxyl groups is 1. The van der Waals surface area contributed by atoms with E-state index < -0.39 is 0 Å². The van der Waals surface area contributed by atoms with Gasteiger partial charge in [-0.3, -0.25) is 0 Å². The van der Waals surface area contributed by atoms with Crippen LogP contribution in [0, 0.1) is 0 Å². The van der Waals surface area contributed by atoms with Crippen molar-refractivity contribution in [1.82, 2.24) is 4.98 Å². The fourth-order valence-corrected chi connectivity index (χ4v) is 2.84. The molecule has 0 saturated heterocycles. The van der Waals surface area contributed by atoms with Crippen molar-refractivity contribution in [1.29, 1.82) is 0 Å². The van der Waals surface area contributed by atoms with Gasteiger partial charge in [0.1, 0.15) is 4.34 Å². The van der Waals surface area contributed by atoms with E-state index in [4.69, 9.17) is 11.6 Å². The molecule has 1 saturated carbocycles. The topological polar surface area (TPSA) is 45.1 Å². The first-order valence-corrected chi connectivity index (χ1v) is 5.94. The number of nitrogens with one attached hydrogen (secondary N) is 1. The molecule has 0 aliphatic heterocycles. The summed E-state index contributed by atoms with van der Waals surface area (Å²) in [6.07, 6.45) is 6.01. The van der Waals surface area contributed by atoms with Gasteiger partial charge in [0.15, 0.2) is 5.13 Å². The summed E-state index contributed by atoms with van der Waals surface area (Å²) in [7, 11) is 0. The maximum Gasteiger partial charge on any atom is 0.184 e. The second-order valence-electron chi connectivity index (χ2n) is 3.74. The summed E-state index contributed by atoms with van der Waals surface area (Å²) in [6.45, 7) is 0.171. The molecule has 1 aromatic heterocycles. The number of rotatable bonds is 3. The lowest BCUT2D eigenvalue weighted by atomic mass is 10.00. The Balaban J connectivity index is 2.08. The van der Waals surface area contributed by atoms with E-state index >= 15 is 0 Å². The van der Waals surface area contributed by atoms with Gasteiger partial charge >= 0.3 is 0 Å². The fourth-order valence-electron chi connectivity index (χ4n) is 1.91. The number of aliphatic hydroxyl groups excluding tert-OH is 1. The Morgan fingerprint density at radius 2 is 2.29 bits per heavy atom. The molecular weight excluding hydrogens is 220 g/mol. The quantitative estimate of drug-likeness (QED) is 0.842. The van der Waals surface area contributed by atoms with Crippen LogP contribution in [0.5, 0.6) is 0 Å². The van der Waals surface area contributed by atoms with Gasteiger partial charge in [0.25, 0.3) is 0 Å². The molecule has 0 atom stereocenters. The molecule has 2 N–H and O–H groups in total. The highest BCUT2D eigenvalue weighted by Gasteiger charge is 2.33. The molecule has 14 heavy (non-hydrogen) atoms. The van der Waals surface area contributed by atoms with Gasteiger partial charge in [0.2, 0.25) is 0 Å². The van der Waals surface area contributed by atoms with Crippen LogP contribution in [0.2, 0.25) is 4.34 Å². The molecule has 5 heteroatoms. The van der Waals surface area contributed by atoms with Crippen LogP contribution in [0.15, 0.2) is 6.20 Å². The van der Waals surface area contributed by atoms with Gasteiger partial charge in [0.05, 0.1) is 18.3 Å². The van der Waals surface area contributed by atoms with Gasteiger partial charge in [-0.05, 0) is 12.8 Å². The lowest BCUT2D eigenvalue weighted by Gasteiger charge is -2.27. The molecule has 0 spiro atoms. The molecule has 2 rings (SSSR count). The van der Waals surface area contributed by atoms with Gasteiger partial charge in [-0.15, -0.1) is 0 Å². The van der Waals surface area contributed by atoms with E-state index in [1.165, 1.54) is 24.2 Å². The standard InChI is InChI=1S/C9H13ClN2OS/c10-7-5-11-8(14-7)12-9(6-13)3-1-2-4-9/h5,13H,1-4,6H2,(H,11,12). The molecule has 0 aromatic carbocycles. The van der Waals surface area contributed by atoms with Gasteiger partial charge < -0.3 is 10.4 Å². The van der Waals surface area contributed by atoms with E-state index in [1.807, 2.05) is 0 Å². The zero-order chi connectivity index (χ0) is 10.0. The normalized spacial score (nSPS) is 19.9. The van der Waals surface area contributed by atoms with Gasteiger partial charge in [-0.1, -0.05) is 35.8 Å². The molecule has 0 radical (unpaired) electrons. The van der Waals surface area contributed by atoms with Crippen molar-refractivity contribution in [2.75, 3.05) is 11.9 Å². The summed E-state index contributed by atoms with van der Waals surface area (Å²) in [5.41, 5.74) is -0.152. The first-order chi connectivity index (χ1) is 6.74. The minimum Gasteiger partial charge on any atom is -0.394 e. The predicted molar refractivity (Wildman–Crippen MR) is 59.0 cm³/mol. The van der Waals surface area contributed by atoms with Crippen LogP contribution in [-0.2, 0) is 0 Å². The summed E-state index contributed by atoms with van der Waals surface area (Å²) in [4.78, 5) is 4.14. The van der Waals surface area contributed by atoms with Crippen LogP contribution in [0.3, 0.4) is 0 Å². The Morgan fingerprint density at radius 3 is 2.79 bits per heavy atom. The first-order valence-electron chi connectivity index (χ1n) is 4.74. The predicted octanol–water partition coefficient (Wildman–Crippen LogP) is 2.51. The molecule has 1 fully saturated rings. The van der Waals surface area contributed by atoms with Crippen LogP contribution in [0.4, 0.5) is 5.13 Å². The largest absolute Gasteiger partial charge is 0.394 e. The molecule has 1 aliphatic carbocycles. The van der Waals surface area contributed by atoms with E-state index in [-0.39, 0.29) is 12.1 Å². The minimum absolute atomic E-state index is 0.152. The molecule has 78 valence electrons.